The minimum atomic E-state index is 0.376. The molecule has 1 aromatic carbocycles. The highest BCUT2D eigenvalue weighted by atomic mass is 79.9. The van der Waals surface area contributed by atoms with Gasteiger partial charge in [-0.15, -0.1) is 0 Å². The number of aromatic nitrogens is 1. The van der Waals surface area contributed by atoms with Crippen molar-refractivity contribution in [2.24, 2.45) is 0 Å². The first-order valence-corrected chi connectivity index (χ1v) is 7.09. The first-order chi connectivity index (χ1) is 8.84. The molecule has 18 heavy (non-hydrogen) atoms. The van der Waals surface area contributed by atoms with Gasteiger partial charge in [0, 0.05) is 6.20 Å². The summed E-state index contributed by atoms with van der Waals surface area (Å²) >= 11 is 3.54. The van der Waals surface area contributed by atoms with Crippen molar-refractivity contribution in [2.75, 3.05) is 5.32 Å². The van der Waals surface area contributed by atoms with Gasteiger partial charge in [0.05, 0.1) is 10.5 Å². The first kappa shape index (κ1) is 11.7. The zero-order valence-electron chi connectivity index (χ0n) is 10.1. The zero-order valence-corrected chi connectivity index (χ0v) is 11.7. The van der Waals surface area contributed by atoms with Crippen LogP contribution in [-0.4, -0.2) is 4.98 Å². The molecule has 0 radical (unpaired) electrons. The fraction of sp³-hybridized carbons (Fsp3) is 0.267. The van der Waals surface area contributed by atoms with Crippen molar-refractivity contribution in [2.45, 2.75) is 25.3 Å². The number of anilines is 1. The Hall–Kier alpha value is -1.35. The second-order valence-electron chi connectivity index (χ2n) is 4.62. The highest BCUT2D eigenvalue weighted by Gasteiger charge is 2.20. The largest absolute Gasteiger partial charge is 0.362 e. The van der Waals surface area contributed by atoms with E-state index in [0.717, 1.165) is 10.3 Å². The van der Waals surface area contributed by atoms with E-state index in [1.807, 2.05) is 18.3 Å². The summed E-state index contributed by atoms with van der Waals surface area (Å²) in [4.78, 5) is 4.39. The highest BCUT2D eigenvalue weighted by Crippen LogP contribution is 2.33. The van der Waals surface area contributed by atoms with Crippen molar-refractivity contribution in [1.29, 1.82) is 0 Å². The maximum Gasteiger partial charge on any atom is 0.140 e. The number of nitrogens with zero attached hydrogens (tertiary/aromatic N) is 1. The van der Waals surface area contributed by atoms with Gasteiger partial charge in [-0.2, -0.15) is 0 Å². The summed E-state index contributed by atoms with van der Waals surface area (Å²) in [5.74, 6) is 0.930. The summed E-state index contributed by atoms with van der Waals surface area (Å²) < 4.78 is 1.02. The summed E-state index contributed by atoms with van der Waals surface area (Å²) in [6.07, 6.45) is 5.42. The molecular formula is C15H15BrN2. The molecular weight excluding hydrogens is 288 g/mol. The van der Waals surface area contributed by atoms with Gasteiger partial charge in [0.1, 0.15) is 5.82 Å². The molecule has 0 bridgehead atoms. The summed E-state index contributed by atoms with van der Waals surface area (Å²) in [5, 5.41) is 3.55. The number of pyridine rings is 1. The molecule has 2 aromatic rings. The topological polar surface area (TPSA) is 24.9 Å². The molecule has 1 heterocycles. The van der Waals surface area contributed by atoms with E-state index >= 15 is 0 Å². The van der Waals surface area contributed by atoms with E-state index in [0.29, 0.717) is 6.04 Å². The molecule has 1 aliphatic carbocycles. The Morgan fingerprint density at radius 1 is 1.17 bits per heavy atom. The van der Waals surface area contributed by atoms with Gasteiger partial charge >= 0.3 is 0 Å². The average Bonchev–Trinajstić information content (AvgIpc) is 2.42. The molecule has 1 N–H and O–H groups in total. The van der Waals surface area contributed by atoms with E-state index in [2.05, 4.69) is 50.5 Å². The molecule has 0 fully saturated rings. The van der Waals surface area contributed by atoms with Crippen LogP contribution < -0.4 is 5.32 Å². The molecule has 3 heteroatoms. The van der Waals surface area contributed by atoms with Crippen LogP contribution in [0, 0.1) is 0 Å². The quantitative estimate of drug-likeness (QED) is 0.893. The standard InChI is InChI=1S/C15H15BrN2/c16-13-8-4-10-17-15(13)18-14-9-3-6-11-5-1-2-7-12(11)14/h1-2,4-5,7-8,10,14H,3,6,9H2,(H,17,18). The lowest BCUT2D eigenvalue weighted by atomic mass is 9.88. The Labute approximate surface area is 116 Å². The molecule has 0 saturated heterocycles. The summed E-state index contributed by atoms with van der Waals surface area (Å²) in [7, 11) is 0. The Balaban J connectivity index is 1.89. The number of benzene rings is 1. The lowest BCUT2D eigenvalue weighted by Gasteiger charge is -2.27. The van der Waals surface area contributed by atoms with Crippen molar-refractivity contribution in [3.63, 3.8) is 0 Å². The minimum Gasteiger partial charge on any atom is -0.362 e. The van der Waals surface area contributed by atoms with E-state index in [9.17, 15) is 0 Å². The van der Waals surface area contributed by atoms with Gasteiger partial charge in [0.25, 0.3) is 0 Å². The molecule has 1 unspecified atom stereocenters. The number of nitrogens with one attached hydrogen (secondary N) is 1. The normalized spacial score (nSPS) is 18.2. The predicted molar refractivity (Wildman–Crippen MR) is 77.7 cm³/mol. The van der Waals surface area contributed by atoms with Crippen molar-refractivity contribution in [3.05, 3.63) is 58.2 Å². The predicted octanol–water partition coefficient (Wildman–Crippen LogP) is 4.33. The van der Waals surface area contributed by atoms with Crippen LogP contribution in [0.15, 0.2) is 47.1 Å². The first-order valence-electron chi connectivity index (χ1n) is 6.29. The lowest BCUT2D eigenvalue weighted by molar-refractivity contribution is 0.598. The molecule has 0 saturated carbocycles. The Morgan fingerprint density at radius 3 is 2.94 bits per heavy atom. The fourth-order valence-corrected chi connectivity index (χ4v) is 2.93. The van der Waals surface area contributed by atoms with Crippen LogP contribution in [0.2, 0.25) is 0 Å². The third-order valence-electron chi connectivity index (χ3n) is 3.44. The molecule has 0 aliphatic heterocycles. The molecule has 0 spiro atoms. The van der Waals surface area contributed by atoms with Crippen LogP contribution in [0.25, 0.3) is 0 Å². The summed E-state index contributed by atoms with van der Waals surface area (Å²) in [6, 6.07) is 13.0. The number of rotatable bonds is 2. The van der Waals surface area contributed by atoms with Crippen LogP contribution in [0.5, 0.6) is 0 Å². The van der Waals surface area contributed by atoms with E-state index in [4.69, 9.17) is 0 Å². The van der Waals surface area contributed by atoms with Crippen LogP contribution in [-0.2, 0) is 6.42 Å². The molecule has 0 amide bonds. The zero-order chi connectivity index (χ0) is 12.4. The average molecular weight is 303 g/mol. The summed E-state index contributed by atoms with van der Waals surface area (Å²) in [5.41, 5.74) is 2.88. The van der Waals surface area contributed by atoms with Gasteiger partial charge in [-0.3, -0.25) is 0 Å². The Kier molecular flexibility index (Phi) is 3.33. The highest BCUT2D eigenvalue weighted by molar-refractivity contribution is 9.10. The van der Waals surface area contributed by atoms with Crippen LogP contribution >= 0.6 is 15.9 Å². The van der Waals surface area contributed by atoms with Gasteiger partial charge in [-0.1, -0.05) is 24.3 Å². The van der Waals surface area contributed by atoms with Crippen molar-refractivity contribution in [1.82, 2.24) is 4.98 Å². The monoisotopic (exact) mass is 302 g/mol. The summed E-state index contributed by atoms with van der Waals surface area (Å²) in [6.45, 7) is 0. The molecule has 3 rings (SSSR count). The van der Waals surface area contributed by atoms with Gasteiger partial charge in [-0.05, 0) is 58.5 Å². The van der Waals surface area contributed by atoms with Crippen molar-refractivity contribution >= 4 is 21.7 Å². The Bertz CT molecular complexity index is 554. The number of hydrogen-bond acceptors (Lipinski definition) is 2. The van der Waals surface area contributed by atoms with E-state index in [1.54, 1.807) is 0 Å². The van der Waals surface area contributed by atoms with Crippen LogP contribution in [0.3, 0.4) is 0 Å². The van der Waals surface area contributed by atoms with E-state index in [-0.39, 0.29) is 0 Å². The minimum absolute atomic E-state index is 0.376. The molecule has 2 nitrogen and oxygen atoms in total. The number of fused-ring (bicyclic) bond motifs is 1. The lowest BCUT2D eigenvalue weighted by Crippen LogP contribution is -2.18. The van der Waals surface area contributed by atoms with Gasteiger partial charge in [-0.25, -0.2) is 4.98 Å². The third-order valence-corrected chi connectivity index (χ3v) is 4.08. The molecule has 1 aromatic heterocycles. The van der Waals surface area contributed by atoms with E-state index < -0.39 is 0 Å². The second kappa shape index (κ2) is 5.11. The number of halogens is 1. The van der Waals surface area contributed by atoms with Crippen LogP contribution in [0.4, 0.5) is 5.82 Å². The Morgan fingerprint density at radius 2 is 2.06 bits per heavy atom. The van der Waals surface area contributed by atoms with Crippen molar-refractivity contribution < 1.29 is 0 Å². The smallest absolute Gasteiger partial charge is 0.140 e. The maximum absolute atomic E-state index is 4.39. The van der Waals surface area contributed by atoms with E-state index in [1.165, 1.54) is 30.4 Å². The van der Waals surface area contributed by atoms with Gasteiger partial charge in [0.15, 0.2) is 0 Å². The van der Waals surface area contributed by atoms with Gasteiger partial charge < -0.3 is 5.32 Å². The molecule has 1 atom stereocenters. The molecule has 1 aliphatic rings. The molecule has 92 valence electrons. The van der Waals surface area contributed by atoms with Gasteiger partial charge in [0.2, 0.25) is 0 Å². The number of hydrogen-bond donors (Lipinski definition) is 1. The second-order valence-corrected chi connectivity index (χ2v) is 5.48. The SMILES string of the molecule is Brc1cccnc1NC1CCCc2ccccc21. The van der Waals surface area contributed by atoms with Crippen LogP contribution in [0.1, 0.15) is 30.0 Å². The van der Waals surface area contributed by atoms with Crippen molar-refractivity contribution in [3.8, 4) is 0 Å². The fourth-order valence-electron chi connectivity index (χ4n) is 2.56. The third kappa shape index (κ3) is 2.27. The maximum atomic E-state index is 4.39. The number of aryl methyl sites for hydroxylation is 1.